The molecule has 1 amide bonds. The maximum Gasteiger partial charge on any atom is 0.260 e. The van der Waals surface area contributed by atoms with Gasteiger partial charge in [0.05, 0.1) is 31.9 Å². The lowest BCUT2D eigenvalue weighted by molar-refractivity contribution is -0.119. The molecule has 8 nitrogen and oxygen atoms in total. The van der Waals surface area contributed by atoms with Gasteiger partial charge in [-0.15, -0.1) is 0 Å². The van der Waals surface area contributed by atoms with Crippen molar-refractivity contribution in [1.82, 2.24) is 5.43 Å². The maximum absolute atomic E-state index is 12.4. The van der Waals surface area contributed by atoms with Gasteiger partial charge in [0, 0.05) is 11.1 Å². The van der Waals surface area contributed by atoms with Crippen molar-refractivity contribution in [3.05, 3.63) is 53.1 Å². The molecule has 0 aliphatic carbocycles. The second-order valence-electron chi connectivity index (χ2n) is 6.05. The third-order valence-corrected chi connectivity index (χ3v) is 5.33. The molecule has 0 aliphatic heterocycles. The van der Waals surface area contributed by atoms with Crippen molar-refractivity contribution >= 4 is 38.9 Å². The lowest BCUT2D eigenvalue weighted by atomic mass is 10.1. The van der Waals surface area contributed by atoms with Crippen molar-refractivity contribution in [1.29, 1.82) is 0 Å². The standard InChI is InChI=1S/C19H22ClN3O5S/c1-13(14-5-7-15(20)8-6-14)21-22-19(24)12-23(29(4,25)26)17-11-16(27-2)9-10-18(17)28-3/h5-11H,12H2,1-4H3,(H,22,24)/b21-13-. The van der Waals surface area contributed by atoms with Crippen LogP contribution in [-0.2, 0) is 14.8 Å². The molecule has 10 heteroatoms. The Kier molecular flexibility index (Phi) is 7.46. The van der Waals surface area contributed by atoms with Crippen LogP contribution in [0.3, 0.4) is 0 Å². The Morgan fingerprint density at radius 1 is 1.14 bits per heavy atom. The van der Waals surface area contributed by atoms with Crippen molar-refractivity contribution in [2.45, 2.75) is 6.92 Å². The second kappa shape index (κ2) is 9.62. The largest absolute Gasteiger partial charge is 0.497 e. The number of hydrazone groups is 1. The maximum atomic E-state index is 12.4. The van der Waals surface area contributed by atoms with Crippen molar-refractivity contribution in [2.24, 2.45) is 5.10 Å². The summed E-state index contributed by atoms with van der Waals surface area (Å²) in [6, 6.07) is 11.6. The van der Waals surface area contributed by atoms with Crippen molar-refractivity contribution in [3.63, 3.8) is 0 Å². The molecule has 1 N–H and O–H groups in total. The van der Waals surface area contributed by atoms with Crippen molar-refractivity contribution < 1.29 is 22.7 Å². The topological polar surface area (TPSA) is 97.3 Å². The summed E-state index contributed by atoms with van der Waals surface area (Å²) in [6.45, 7) is 1.22. The third kappa shape index (κ3) is 6.10. The summed E-state index contributed by atoms with van der Waals surface area (Å²) in [4.78, 5) is 12.4. The lowest BCUT2D eigenvalue weighted by Gasteiger charge is -2.23. The van der Waals surface area contributed by atoms with E-state index >= 15 is 0 Å². The second-order valence-corrected chi connectivity index (χ2v) is 8.39. The highest BCUT2D eigenvalue weighted by Gasteiger charge is 2.24. The molecule has 2 rings (SSSR count). The molecular formula is C19H22ClN3O5S. The summed E-state index contributed by atoms with van der Waals surface area (Å²) in [7, 11) is -0.928. The van der Waals surface area contributed by atoms with Gasteiger partial charge in [0.25, 0.3) is 5.91 Å². The number of nitrogens with one attached hydrogen (secondary N) is 1. The SMILES string of the molecule is COc1ccc(OC)c(N(CC(=O)N/N=C(/C)c2ccc(Cl)cc2)S(C)(=O)=O)c1. The fourth-order valence-corrected chi connectivity index (χ4v) is 3.42. The fraction of sp³-hybridized carbons (Fsp3) is 0.263. The predicted octanol–water partition coefficient (Wildman–Crippen LogP) is 2.66. The van der Waals surface area contributed by atoms with Gasteiger partial charge in [-0.05, 0) is 36.8 Å². The number of hydrogen-bond donors (Lipinski definition) is 1. The first-order valence-electron chi connectivity index (χ1n) is 8.44. The summed E-state index contributed by atoms with van der Waals surface area (Å²) in [5.41, 5.74) is 3.86. The number of sulfonamides is 1. The summed E-state index contributed by atoms with van der Waals surface area (Å²) < 4.78 is 36.0. The van der Waals surface area contributed by atoms with Crippen LogP contribution in [0.1, 0.15) is 12.5 Å². The minimum atomic E-state index is -3.79. The Morgan fingerprint density at radius 2 is 1.79 bits per heavy atom. The normalized spacial score (nSPS) is 11.7. The van der Waals surface area contributed by atoms with E-state index in [0.29, 0.717) is 16.5 Å². The Morgan fingerprint density at radius 3 is 2.34 bits per heavy atom. The quantitative estimate of drug-likeness (QED) is 0.503. The van der Waals surface area contributed by atoms with E-state index in [-0.39, 0.29) is 11.4 Å². The van der Waals surface area contributed by atoms with Crippen LogP contribution in [0.5, 0.6) is 11.5 Å². The van der Waals surface area contributed by atoms with Crippen LogP contribution in [0.15, 0.2) is 47.6 Å². The van der Waals surface area contributed by atoms with Gasteiger partial charge >= 0.3 is 0 Å². The number of amides is 1. The zero-order chi connectivity index (χ0) is 21.6. The first kappa shape index (κ1) is 22.5. The smallest absolute Gasteiger partial charge is 0.260 e. The van der Waals surface area contributed by atoms with Crippen LogP contribution in [0, 0.1) is 0 Å². The van der Waals surface area contributed by atoms with Gasteiger partial charge in [-0.2, -0.15) is 5.10 Å². The summed E-state index contributed by atoms with van der Waals surface area (Å²) in [5.74, 6) is 0.0879. The van der Waals surface area contributed by atoms with E-state index in [4.69, 9.17) is 21.1 Å². The molecule has 0 bridgehead atoms. The molecule has 2 aromatic rings. The van der Waals surface area contributed by atoms with E-state index in [1.807, 2.05) is 0 Å². The number of carbonyl (C=O) groups is 1. The average Bonchev–Trinajstić information content (AvgIpc) is 2.69. The van der Waals surface area contributed by atoms with Crippen LogP contribution in [0.4, 0.5) is 5.69 Å². The zero-order valence-corrected chi connectivity index (χ0v) is 18.0. The number of rotatable bonds is 8. The molecular weight excluding hydrogens is 418 g/mol. The molecule has 156 valence electrons. The van der Waals surface area contributed by atoms with Gasteiger partial charge in [0.15, 0.2) is 0 Å². The molecule has 0 radical (unpaired) electrons. The van der Waals surface area contributed by atoms with Crippen molar-refractivity contribution in [2.75, 3.05) is 31.3 Å². The van der Waals surface area contributed by atoms with E-state index in [0.717, 1.165) is 16.1 Å². The highest BCUT2D eigenvalue weighted by Crippen LogP contribution is 2.33. The van der Waals surface area contributed by atoms with Crippen LogP contribution in [0.25, 0.3) is 0 Å². The first-order valence-corrected chi connectivity index (χ1v) is 10.7. The molecule has 0 heterocycles. The monoisotopic (exact) mass is 439 g/mol. The van der Waals surface area contributed by atoms with Gasteiger partial charge in [0.1, 0.15) is 18.0 Å². The Hall–Kier alpha value is -2.78. The zero-order valence-electron chi connectivity index (χ0n) is 16.5. The molecule has 29 heavy (non-hydrogen) atoms. The number of anilines is 1. The molecule has 0 aromatic heterocycles. The Bertz CT molecular complexity index is 1010. The van der Waals surface area contributed by atoms with E-state index in [1.165, 1.54) is 20.3 Å². The number of ether oxygens (including phenoxy) is 2. The minimum Gasteiger partial charge on any atom is -0.497 e. The highest BCUT2D eigenvalue weighted by atomic mass is 35.5. The number of nitrogens with zero attached hydrogens (tertiary/aromatic N) is 2. The van der Waals surface area contributed by atoms with Crippen LogP contribution in [0.2, 0.25) is 5.02 Å². The van der Waals surface area contributed by atoms with Gasteiger partial charge in [-0.3, -0.25) is 9.10 Å². The first-order chi connectivity index (χ1) is 13.7. The molecule has 0 saturated heterocycles. The van der Waals surface area contributed by atoms with Gasteiger partial charge in [-0.25, -0.2) is 13.8 Å². The number of methoxy groups -OCH3 is 2. The molecule has 0 saturated carbocycles. The number of hydrogen-bond acceptors (Lipinski definition) is 6. The fourth-order valence-electron chi connectivity index (χ4n) is 2.44. The van der Waals surface area contributed by atoms with Gasteiger partial charge in [0.2, 0.25) is 10.0 Å². The van der Waals surface area contributed by atoms with E-state index in [2.05, 4.69) is 10.5 Å². The van der Waals surface area contributed by atoms with E-state index in [9.17, 15) is 13.2 Å². The molecule has 0 spiro atoms. The summed E-state index contributed by atoms with van der Waals surface area (Å²) in [6.07, 6.45) is 1.00. The molecule has 0 unspecified atom stereocenters. The van der Waals surface area contributed by atoms with Crippen LogP contribution < -0.4 is 19.2 Å². The molecule has 2 aromatic carbocycles. The molecule has 0 atom stereocenters. The predicted molar refractivity (Wildman–Crippen MR) is 114 cm³/mol. The Balaban J connectivity index is 2.24. The highest BCUT2D eigenvalue weighted by molar-refractivity contribution is 7.92. The van der Waals surface area contributed by atoms with Crippen LogP contribution in [-0.4, -0.2) is 47.1 Å². The van der Waals surface area contributed by atoms with Crippen LogP contribution >= 0.6 is 11.6 Å². The minimum absolute atomic E-state index is 0.183. The third-order valence-electron chi connectivity index (χ3n) is 3.95. The van der Waals surface area contributed by atoms with E-state index in [1.54, 1.807) is 43.3 Å². The number of halogens is 1. The lowest BCUT2D eigenvalue weighted by Crippen LogP contribution is -2.39. The number of benzene rings is 2. The average molecular weight is 440 g/mol. The van der Waals surface area contributed by atoms with Crippen molar-refractivity contribution in [3.8, 4) is 11.5 Å². The molecule has 0 aliphatic rings. The Labute approximate surface area is 175 Å². The van der Waals surface area contributed by atoms with Gasteiger partial charge in [-0.1, -0.05) is 23.7 Å². The molecule has 0 fully saturated rings. The van der Waals surface area contributed by atoms with E-state index < -0.39 is 22.5 Å². The summed E-state index contributed by atoms with van der Waals surface area (Å²) >= 11 is 5.86. The number of carbonyl (C=O) groups excluding carboxylic acids is 1. The van der Waals surface area contributed by atoms with Gasteiger partial charge < -0.3 is 9.47 Å². The summed E-state index contributed by atoms with van der Waals surface area (Å²) in [5, 5.41) is 4.61.